The number of rotatable bonds is 4. The molecule has 0 saturated heterocycles. The molecule has 0 bridgehead atoms. The first-order chi connectivity index (χ1) is 9.20. The van der Waals surface area contributed by atoms with Crippen LogP contribution in [0.15, 0.2) is 18.5 Å². The Bertz CT molecular complexity index is 535. The van der Waals surface area contributed by atoms with Crippen LogP contribution in [0.3, 0.4) is 0 Å². The number of carbonyl (C=O) groups excluding carboxylic acids is 2. The Morgan fingerprint density at radius 3 is 2.45 bits per heavy atom. The van der Waals surface area contributed by atoms with E-state index in [-0.39, 0.29) is 23.7 Å². The summed E-state index contributed by atoms with van der Waals surface area (Å²) in [5, 5.41) is 13.8. The smallest absolute Gasteiger partial charge is 0.337 e. The number of hydrogen-bond donors (Lipinski definition) is 3. The van der Waals surface area contributed by atoms with Crippen LogP contribution in [0.4, 0.5) is 5.69 Å². The molecule has 0 atom stereocenters. The average molecular weight is 279 g/mol. The van der Waals surface area contributed by atoms with E-state index >= 15 is 0 Å². The van der Waals surface area contributed by atoms with Crippen LogP contribution in [0, 0.1) is 5.41 Å². The number of amides is 2. The molecule has 0 unspecified atom stereocenters. The second-order valence-electron chi connectivity index (χ2n) is 5.25. The minimum absolute atomic E-state index is 0.0264. The Morgan fingerprint density at radius 2 is 1.90 bits per heavy atom. The molecule has 0 spiro atoms. The van der Waals surface area contributed by atoms with E-state index in [2.05, 4.69) is 15.6 Å². The van der Waals surface area contributed by atoms with Gasteiger partial charge in [0.2, 0.25) is 11.8 Å². The van der Waals surface area contributed by atoms with E-state index < -0.39 is 17.3 Å². The lowest BCUT2D eigenvalue weighted by molar-refractivity contribution is -0.130. The summed E-state index contributed by atoms with van der Waals surface area (Å²) in [7, 11) is 0. The molecule has 0 fully saturated rings. The van der Waals surface area contributed by atoms with E-state index in [1.54, 1.807) is 20.8 Å². The molecule has 0 radical (unpaired) electrons. The van der Waals surface area contributed by atoms with Crippen molar-refractivity contribution in [2.24, 2.45) is 5.41 Å². The summed E-state index contributed by atoms with van der Waals surface area (Å²) in [6, 6.07) is 1.29. The number of anilines is 1. The maximum absolute atomic E-state index is 11.6. The molecule has 3 N–H and O–H groups in total. The first-order valence-corrected chi connectivity index (χ1v) is 5.96. The van der Waals surface area contributed by atoms with E-state index in [1.165, 1.54) is 18.5 Å². The molecule has 7 nitrogen and oxygen atoms in total. The first kappa shape index (κ1) is 15.6. The Labute approximate surface area is 116 Å². The minimum atomic E-state index is -1.13. The number of pyridine rings is 1. The zero-order valence-electron chi connectivity index (χ0n) is 11.6. The summed E-state index contributed by atoms with van der Waals surface area (Å²) in [6.07, 6.45) is 2.51. The predicted molar refractivity (Wildman–Crippen MR) is 72.3 cm³/mol. The standard InChI is InChI=1S/C13H17N3O4/c1-13(2,3)12(20)15-7-10(17)16-9-4-8(11(18)19)5-14-6-9/h4-6H,7H2,1-3H3,(H,15,20)(H,16,17)(H,18,19). The zero-order valence-corrected chi connectivity index (χ0v) is 11.6. The van der Waals surface area contributed by atoms with Gasteiger partial charge in [0.25, 0.3) is 0 Å². The molecule has 1 aromatic rings. The maximum Gasteiger partial charge on any atom is 0.337 e. The molecule has 108 valence electrons. The fourth-order valence-corrected chi connectivity index (χ4v) is 1.26. The maximum atomic E-state index is 11.6. The van der Waals surface area contributed by atoms with Gasteiger partial charge in [-0.1, -0.05) is 20.8 Å². The number of carbonyl (C=O) groups is 3. The molecule has 2 amide bonds. The van der Waals surface area contributed by atoms with E-state index in [4.69, 9.17) is 5.11 Å². The lowest BCUT2D eigenvalue weighted by Gasteiger charge is -2.17. The predicted octanol–water partition coefficient (Wildman–Crippen LogP) is 0.881. The highest BCUT2D eigenvalue weighted by molar-refractivity contribution is 5.96. The van der Waals surface area contributed by atoms with E-state index in [0.717, 1.165) is 0 Å². The van der Waals surface area contributed by atoms with Gasteiger partial charge in [0, 0.05) is 11.6 Å². The van der Waals surface area contributed by atoms with Gasteiger partial charge in [0.1, 0.15) is 0 Å². The van der Waals surface area contributed by atoms with Crippen LogP contribution in [-0.2, 0) is 9.59 Å². The fraction of sp³-hybridized carbons (Fsp3) is 0.385. The highest BCUT2D eigenvalue weighted by Gasteiger charge is 2.21. The molecular weight excluding hydrogens is 262 g/mol. The van der Waals surface area contributed by atoms with Crippen molar-refractivity contribution >= 4 is 23.5 Å². The van der Waals surface area contributed by atoms with Crippen LogP contribution in [-0.4, -0.2) is 34.4 Å². The van der Waals surface area contributed by atoms with Gasteiger partial charge < -0.3 is 15.7 Å². The fourth-order valence-electron chi connectivity index (χ4n) is 1.26. The summed E-state index contributed by atoms with van der Waals surface area (Å²) >= 11 is 0. The van der Waals surface area contributed by atoms with Crippen molar-refractivity contribution in [2.75, 3.05) is 11.9 Å². The zero-order chi connectivity index (χ0) is 15.3. The Balaban J connectivity index is 2.57. The number of carboxylic acid groups (broad SMARTS) is 1. The second kappa shape index (κ2) is 6.14. The first-order valence-electron chi connectivity index (χ1n) is 5.96. The van der Waals surface area contributed by atoms with Crippen LogP contribution < -0.4 is 10.6 Å². The third-order valence-corrected chi connectivity index (χ3v) is 2.36. The number of aromatic nitrogens is 1. The molecular formula is C13H17N3O4. The van der Waals surface area contributed by atoms with Crippen molar-refractivity contribution < 1.29 is 19.5 Å². The molecule has 0 aromatic carbocycles. The van der Waals surface area contributed by atoms with E-state index in [1.807, 2.05) is 0 Å². The van der Waals surface area contributed by atoms with Crippen molar-refractivity contribution in [2.45, 2.75) is 20.8 Å². The lowest BCUT2D eigenvalue weighted by atomic mass is 9.96. The molecule has 20 heavy (non-hydrogen) atoms. The van der Waals surface area contributed by atoms with Gasteiger partial charge >= 0.3 is 5.97 Å². The second-order valence-corrected chi connectivity index (χ2v) is 5.25. The van der Waals surface area contributed by atoms with Crippen molar-refractivity contribution in [3.63, 3.8) is 0 Å². The molecule has 1 aromatic heterocycles. The van der Waals surface area contributed by atoms with Crippen molar-refractivity contribution in [1.82, 2.24) is 10.3 Å². The van der Waals surface area contributed by atoms with Crippen LogP contribution in [0.1, 0.15) is 31.1 Å². The van der Waals surface area contributed by atoms with Gasteiger partial charge in [-0.25, -0.2) is 4.79 Å². The van der Waals surface area contributed by atoms with E-state index in [9.17, 15) is 14.4 Å². The number of hydrogen-bond acceptors (Lipinski definition) is 4. The SMILES string of the molecule is CC(C)(C)C(=O)NCC(=O)Nc1cncc(C(=O)O)c1. The Hall–Kier alpha value is -2.44. The number of nitrogens with one attached hydrogen (secondary N) is 2. The lowest BCUT2D eigenvalue weighted by Crippen LogP contribution is -2.39. The summed E-state index contributed by atoms with van der Waals surface area (Å²) in [5.74, 6) is -1.83. The molecule has 0 aliphatic rings. The molecule has 1 heterocycles. The van der Waals surface area contributed by atoms with E-state index in [0.29, 0.717) is 0 Å². The molecule has 1 rings (SSSR count). The van der Waals surface area contributed by atoms with Gasteiger partial charge in [0.05, 0.1) is 24.0 Å². The van der Waals surface area contributed by atoms with Crippen LogP contribution in [0.2, 0.25) is 0 Å². The van der Waals surface area contributed by atoms with Gasteiger partial charge in [0.15, 0.2) is 0 Å². The van der Waals surface area contributed by atoms with Crippen molar-refractivity contribution in [3.8, 4) is 0 Å². The van der Waals surface area contributed by atoms with Crippen molar-refractivity contribution in [3.05, 3.63) is 24.0 Å². The largest absolute Gasteiger partial charge is 0.478 e. The minimum Gasteiger partial charge on any atom is -0.478 e. The Kier molecular flexibility index (Phi) is 4.79. The molecule has 0 saturated carbocycles. The topological polar surface area (TPSA) is 108 Å². The summed E-state index contributed by atoms with van der Waals surface area (Å²) < 4.78 is 0. The monoisotopic (exact) mass is 279 g/mol. The summed E-state index contributed by atoms with van der Waals surface area (Å²) in [6.45, 7) is 5.02. The Morgan fingerprint density at radius 1 is 1.25 bits per heavy atom. The molecule has 0 aliphatic heterocycles. The highest BCUT2D eigenvalue weighted by Crippen LogP contribution is 2.12. The summed E-state index contributed by atoms with van der Waals surface area (Å²) in [5.41, 5.74) is -0.341. The normalized spacial score (nSPS) is 10.8. The number of carboxylic acids is 1. The van der Waals surface area contributed by atoms with Crippen LogP contribution in [0.5, 0.6) is 0 Å². The van der Waals surface area contributed by atoms with Gasteiger partial charge in [-0.05, 0) is 6.07 Å². The third-order valence-electron chi connectivity index (χ3n) is 2.36. The van der Waals surface area contributed by atoms with Crippen LogP contribution in [0.25, 0.3) is 0 Å². The quantitative estimate of drug-likeness (QED) is 0.758. The number of nitrogens with zero attached hydrogens (tertiary/aromatic N) is 1. The van der Waals surface area contributed by atoms with Crippen LogP contribution >= 0.6 is 0 Å². The average Bonchev–Trinajstić information content (AvgIpc) is 2.35. The molecule has 0 aliphatic carbocycles. The summed E-state index contributed by atoms with van der Waals surface area (Å²) in [4.78, 5) is 37.7. The molecule has 7 heteroatoms. The van der Waals surface area contributed by atoms with Gasteiger partial charge in [-0.2, -0.15) is 0 Å². The number of aromatic carboxylic acids is 1. The van der Waals surface area contributed by atoms with Gasteiger partial charge in [-0.15, -0.1) is 0 Å². The third kappa shape index (κ3) is 4.68. The van der Waals surface area contributed by atoms with Crippen molar-refractivity contribution in [1.29, 1.82) is 0 Å². The van der Waals surface area contributed by atoms with Gasteiger partial charge in [-0.3, -0.25) is 14.6 Å². The highest BCUT2D eigenvalue weighted by atomic mass is 16.4.